The highest BCUT2D eigenvalue weighted by Gasteiger charge is 2.20. The van der Waals surface area contributed by atoms with Crippen molar-refractivity contribution in [1.82, 2.24) is 0 Å². The molecule has 26 heavy (non-hydrogen) atoms. The lowest BCUT2D eigenvalue weighted by atomic mass is 9.79. The molecule has 0 saturated heterocycles. The van der Waals surface area contributed by atoms with Crippen LogP contribution in [0.3, 0.4) is 0 Å². The van der Waals surface area contributed by atoms with Crippen LogP contribution in [0.2, 0.25) is 0 Å². The Balaban J connectivity index is 1.91. The Labute approximate surface area is 156 Å². The minimum Gasteiger partial charge on any atom is -0.0622 e. The maximum Gasteiger partial charge on any atom is -0.00680 e. The number of hydrogen-bond acceptors (Lipinski definition) is 0. The zero-order chi connectivity index (χ0) is 18.1. The van der Waals surface area contributed by atoms with E-state index in [1.165, 1.54) is 38.6 Å². The number of hydrogen-bond donors (Lipinski definition) is 0. The molecule has 0 atom stereocenters. The van der Waals surface area contributed by atoms with Crippen molar-refractivity contribution in [2.24, 2.45) is 0 Å². The lowest BCUT2D eigenvalue weighted by molar-refractivity contribution is 0.593. The summed E-state index contributed by atoms with van der Waals surface area (Å²) in [7, 11) is 0. The van der Waals surface area contributed by atoms with Crippen LogP contribution in [0.4, 0.5) is 0 Å². The van der Waals surface area contributed by atoms with E-state index in [0.717, 1.165) is 0 Å². The average Bonchev–Trinajstić information content (AvgIpc) is 2.67. The standard InChI is InChI=1S/C26H24/c1-26(2,3)24-18-17-21-11-7-8-12-23(21)25(24)22-15-13-20(14-16-22)19-9-5-4-6-10-19/h4-18H,1-3H3. The van der Waals surface area contributed by atoms with E-state index in [-0.39, 0.29) is 5.41 Å². The van der Waals surface area contributed by atoms with E-state index in [1.54, 1.807) is 0 Å². The van der Waals surface area contributed by atoms with Crippen molar-refractivity contribution >= 4 is 10.8 Å². The largest absolute Gasteiger partial charge is 0.0622 e. The first kappa shape index (κ1) is 16.6. The molecule has 4 aromatic carbocycles. The summed E-state index contributed by atoms with van der Waals surface area (Å²) < 4.78 is 0. The van der Waals surface area contributed by atoms with Crippen molar-refractivity contribution < 1.29 is 0 Å². The molecular formula is C26H24. The van der Waals surface area contributed by atoms with E-state index < -0.39 is 0 Å². The molecule has 0 aliphatic carbocycles. The van der Waals surface area contributed by atoms with E-state index in [9.17, 15) is 0 Å². The van der Waals surface area contributed by atoms with Gasteiger partial charge in [0.2, 0.25) is 0 Å². The SMILES string of the molecule is CC(C)(C)c1ccc2ccccc2c1-c1ccc(-c2ccccc2)cc1. The van der Waals surface area contributed by atoms with Gasteiger partial charge < -0.3 is 0 Å². The van der Waals surface area contributed by atoms with Crippen molar-refractivity contribution in [3.8, 4) is 22.3 Å². The zero-order valence-electron chi connectivity index (χ0n) is 15.7. The summed E-state index contributed by atoms with van der Waals surface area (Å²) in [5, 5.41) is 2.62. The quantitative estimate of drug-likeness (QED) is 0.356. The van der Waals surface area contributed by atoms with E-state index >= 15 is 0 Å². The van der Waals surface area contributed by atoms with Gasteiger partial charge in [-0.25, -0.2) is 0 Å². The van der Waals surface area contributed by atoms with Crippen LogP contribution in [0.1, 0.15) is 26.3 Å². The molecular weight excluding hydrogens is 312 g/mol. The number of benzene rings is 4. The van der Waals surface area contributed by atoms with Gasteiger partial charge in [-0.05, 0) is 44.0 Å². The Morgan fingerprint density at radius 2 is 1.08 bits per heavy atom. The summed E-state index contributed by atoms with van der Waals surface area (Å²) in [5.41, 5.74) is 6.64. The molecule has 0 N–H and O–H groups in total. The normalized spacial score (nSPS) is 11.7. The summed E-state index contributed by atoms with van der Waals surface area (Å²) in [5.74, 6) is 0. The van der Waals surface area contributed by atoms with Crippen LogP contribution in [0.15, 0.2) is 91.0 Å². The molecule has 0 amide bonds. The molecule has 0 aliphatic heterocycles. The topological polar surface area (TPSA) is 0 Å². The second kappa shape index (κ2) is 6.46. The minimum absolute atomic E-state index is 0.0947. The van der Waals surface area contributed by atoms with E-state index in [2.05, 4.69) is 112 Å². The van der Waals surface area contributed by atoms with Crippen LogP contribution >= 0.6 is 0 Å². The molecule has 0 fully saturated rings. The van der Waals surface area contributed by atoms with Gasteiger partial charge in [-0.15, -0.1) is 0 Å². The van der Waals surface area contributed by atoms with Crippen molar-refractivity contribution in [1.29, 1.82) is 0 Å². The molecule has 0 heteroatoms. The molecule has 0 radical (unpaired) electrons. The Bertz CT molecular complexity index is 1030. The maximum absolute atomic E-state index is 2.29. The van der Waals surface area contributed by atoms with E-state index in [1.807, 2.05) is 0 Å². The molecule has 0 nitrogen and oxygen atoms in total. The predicted molar refractivity (Wildman–Crippen MR) is 114 cm³/mol. The molecule has 0 saturated carbocycles. The van der Waals surface area contributed by atoms with Gasteiger partial charge in [0.15, 0.2) is 0 Å². The Kier molecular flexibility index (Phi) is 4.12. The van der Waals surface area contributed by atoms with Gasteiger partial charge in [0.1, 0.15) is 0 Å². The number of rotatable bonds is 2. The lowest BCUT2D eigenvalue weighted by Crippen LogP contribution is -2.13. The highest BCUT2D eigenvalue weighted by molar-refractivity contribution is 5.99. The van der Waals surface area contributed by atoms with Crippen molar-refractivity contribution in [3.05, 3.63) is 96.6 Å². The van der Waals surface area contributed by atoms with Crippen LogP contribution in [-0.2, 0) is 5.41 Å². The van der Waals surface area contributed by atoms with Gasteiger partial charge in [0.25, 0.3) is 0 Å². The fraction of sp³-hybridized carbons (Fsp3) is 0.154. The predicted octanol–water partition coefficient (Wildman–Crippen LogP) is 7.47. The maximum atomic E-state index is 2.29. The third-order valence-corrected chi connectivity index (χ3v) is 5.02. The fourth-order valence-corrected chi connectivity index (χ4v) is 3.67. The van der Waals surface area contributed by atoms with Gasteiger partial charge in [-0.2, -0.15) is 0 Å². The summed E-state index contributed by atoms with van der Waals surface area (Å²) in [6.45, 7) is 6.87. The van der Waals surface area contributed by atoms with E-state index in [0.29, 0.717) is 0 Å². The third-order valence-electron chi connectivity index (χ3n) is 5.02. The molecule has 128 valence electrons. The van der Waals surface area contributed by atoms with Gasteiger partial charge in [-0.3, -0.25) is 0 Å². The molecule has 0 aliphatic rings. The monoisotopic (exact) mass is 336 g/mol. The smallest absolute Gasteiger partial charge is 0.00680 e. The molecule has 0 spiro atoms. The average molecular weight is 336 g/mol. The molecule has 4 rings (SSSR count). The van der Waals surface area contributed by atoms with Gasteiger partial charge in [-0.1, -0.05) is 112 Å². The first-order chi connectivity index (χ1) is 12.5. The summed E-state index contributed by atoms with van der Waals surface area (Å²) in [6.07, 6.45) is 0. The zero-order valence-corrected chi connectivity index (χ0v) is 15.7. The molecule has 0 aromatic heterocycles. The van der Waals surface area contributed by atoms with Gasteiger partial charge in [0, 0.05) is 0 Å². The lowest BCUT2D eigenvalue weighted by Gasteiger charge is -2.25. The molecule has 4 aromatic rings. The second-order valence-corrected chi connectivity index (χ2v) is 7.90. The van der Waals surface area contributed by atoms with Crippen molar-refractivity contribution in [2.75, 3.05) is 0 Å². The van der Waals surface area contributed by atoms with Crippen LogP contribution in [0.25, 0.3) is 33.0 Å². The van der Waals surface area contributed by atoms with Gasteiger partial charge in [0.05, 0.1) is 0 Å². The second-order valence-electron chi connectivity index (χ2n) is 7.90. The third kappa shape index (κ3) is 3.04. The minimum atomic E-state index is 0.0947. The number of fused-ring (bicyclic) bond motifs is 1. The Morgan fingerprint density at radius 1 is 0.500 bits per heavy atom. The van der Waals surface area contributed by atoms with Crippen molar-refractivity contribution in [3.63, 3.8) is 0 Å². The first-order valence-electron chi connectivity index (χ1n) is 9.22. The summed E-state index contributed by atoms with van der Waals surface area (Å²) in [6, 6.07) is 32.8. The highest BCUT2D eigenvalue weighted by atomic mass is 14.2. The summed E-state index contributed by atoms with van der Waals surface area (Å²) >= 11 is 0. The van der Waals surface area contributed by atoms with Crippen LogP contribution in [0.5, 0.6) is 0 Å². The Morgan fingerprint density at radius 3 is 1.77 bits per heavy atom. The molecule has 0 heterocycles. The highest BCUT2D eigenvalue weighted by Crippen LogP contribution is 2.39. The Hall–Kier alpha value is -2.86. The van der Waals surface area contributed by atoms with Crippen LogP contribution in [-0.4, -0.2) is 0 Å². The molecule has 0 bridgehead atoms. The fourth-order valence-electron chi connectivity index (χ4n) is 3.67. The van der Waals surface area contributed by atoms with E-state index in [4.69, 9.17) is 0 Å². The van der Waals surface area contributed by atoms with Crippen LogP contribution in [0, 0.1) is 0 Å². The van der Waals surface area contributed by atoms with Gasteiger partial charge >= 0.3 is 0 Å². The first-order valence-corrected chi connectivity index (χ1v) is 9.22. The van der Waals surface area contributed by atoms with Crippen molar-refractivity contribution in [2.45, 2.75) is 26.2 Å². The summed E-state index contributed by atoms with van der Waals surface area (Å²) in [4.78, 5) is 0. The molecule has 0 unspecified atom stereocenters. The van der Waals surface area contributed by atoms with Crippen LogP contribution < -0.4 is 0 Å².